The first-order valence-electron chi connectivity index (χ1n) is 6.21. The standard InChI is InChI=1S/C12H21N5O/c1-4-9(5-2)8(3)16-12(18)10-6-15-11(17-13)7-14-10/h6-9H,4-5,13H2,1-3H3,(H,15,17)(H,16,18). The Morgan fingerprint density at radius 2 is 2.00 bits per heavy atom. The van der Waals surface area contributed by atoms with Gasteiger partial charge in [-0.2, -0.15) is 0 Å². The zero-order chi connectivity index (χ0) is 13.5. The largest absolute Gasteiger partial charge is 0.348 e. The lowest BCUT2D eigenvalue weighted by molar-refractivity contribution is 0.0919. The Hall–Kier alpha value is -1.69. The summed E-state index contributed by atoms with van der Waals surface area (Å²) in [6.07, 6.45) is 4.92. The van der Waals surface area contributed by atoms with E-state index >= 15 is 0 Å². The van der Waals surface area contributed by atoms with Crippen LogP contribution in [0.1, 0.15) is 44.1 Å². The molecule has 1 atom stereocenters. The minimum absolute atomic E-state index is 0.126. The van der Waals surface area contributed by atoms with E-state index in [-0.39, 0.29) is 11.9 Å². The predicted molar refractivity (Wildman–Crippen MR) is 70.8 cm³/mol. The fourth-order valence-corrected chi connectivity index (χ4v) is 1.91. The average Bonchev–Trinajstić information content (AvgIpc) is 2.40. The average molecular weight is 251 g/mol. The molecule has 0 saturated heterocycles. The van der Waals surface area contributed by atoms with E-state index in [4.69, 9.17) is 5.84 Å². The molecule has 1 rings (SSSR count). The number of hydrogen-bond acceptors (Lipinski definition) is 5. The second-order valence-electron chi connectivity index (χ2n) is 4.27. The van der Waals surface area contributed by atoms with Gasteiger partial charge in [-0.25, -0.2) is 15.8 Å². The zero-order valence-electron chi connectivity index (χ0n) is 11.1. The van der Waals surface area contributed by atoms with Gasteiger partial charge in [0.1, 0.15) is 5.69 Å². The SMILES string of the molecule is CCC(CC)C(C)NC(=O)c1cnc(NN)cn1. The third-order valence-corrected chi connectivity index (χ3v) is 3.15. The summed E-state index contributed by atoms with van der Waals surface area (Å²) in [5.74, 6) is 5.88. The van der Waals surface area contributed by atoms with Crippen LogP contribution in [0.25, 0.3) is 0 Å². The molecule has 0 aliphatic heterocycles. The van der Waals surface area contributed by atoms with Gasteiger partial charge in [-0.05, 0) is 12.8 Å². The molecular weight excluding hydrogens is 230 g/mol. The van der Waals surface area contributed by atoms with Gasteiger partial charge in [0, 0.05) is 6.04 Å². The summed E-state index contributed by atoms with van der Waals surface area (Å²) in [4.78, 5) is 19.9. The van der Waals surface area contributed by atoms with Gasteiger partial charge in [0.15, 0.2) is 5.82 Å². The fourth-order valence-electron chi connectivity index (χ4n) is 1.91. The van der Waals surface area contributed by atoms with Gasteiger partial charge in [-0.1, -0.05) is 26.7 Å². The summed E-state index contributed by atoms with van der Waals surface area (Å²) >= 11 is 0. The molecule has 6 heteroatoms. The van der Waals surface area contributed by atoms with Crippen molar-refractivity contribution >= 4 is 11.7 Å². The summed E-state index contributed by atoms with van der Waals surface area (Å²) < 4.78 is 0. The molecule has 100 valence electrons. The van der Waals surface area contributed by atoms with Crippen molar-refractivity contribution in [1.82, 2.24) is 15.3 Å². The lowest BCUT2D eigenvalue weighted by Gasteiger charge is -2.22. The van der Waals surface area contributed by atoms with Crippen molar-refractivity contribution in [1.29, 1.82) is 0 Å². The molecule has 0 radical (unpaired) electrons. The quantitative estimate of drug-likeness (QED) is 0.523. The van der Waals surface area contributed by atoms with Crippen LogP contribution in [0, 0.1) is 5.92 Å². The van der Waals surface area contributed by atoms with Crippen LogP contribution in [-0.4, -0.2) is 21.9 Å². The van der Waals surface area contributed by atoms with Crippen LogP contribution >= 0.6 is 0 Å². The third kappa shape index (κ3) is 3.66. The number of carbonyl (C=O) groups is 1. The Kier molecular flexibility index (Phi) is 5.51. The lowest BCUT2D eigenvalue weighted by atomic mass is 9.95. The molecule has 0 aromatic carbocycles. The molecule has 0 spiro atoms. The first-order chi connectivity index (χ1) is 8.62. The Morgan fingerprint density at radius 1 is 1.33 bits per heavy atom. The number of rotatable bonds is 6. The monoisotopic (exact) mass is 251 g/mol. The van der Waals surface area contributed by atoms with Crippen LogP contribution in [0.5, 0.6) is 0 Å². The van der Waals surface area contributed by atoms with E-state index in [2.05, 4.69) is 34.6 Å². The Morgan fingerprint density at radius 3 is 2.44 bits per heavy atom. The molecule has 0 fully saturated rings. The topological polar surface area (TPSA) is 92.9 Å². The van der Waals surface area contributed by atoms with E-state index in [0.717, 1.165) is 12.8 Å². The van der Waals surface area contributed by atoms with Crippen LogP contribution in [0.15, 0.2) is 12.4 Å². The maximum atomic E-state index is 11.9. The number of nitrogens with one attached hydrogen (secondary N) is 2. The summed E-state index contributed by atoms with van der Waals surface area (Å²) in [7, 11) is 0. The molecule has 1 aromatic rings. The number of nitrogens with two attached hydrogens (primary N) is 1. The first kappa shape index (κ1) is 14.4. The first-order valence-corrected chi connectivity index (χ1v) is 6.21. The number of carbonyl (C=O) groups excluding carboxylic acids is 1. The normalized spacial score (nSPS) is 12.3. The van der Waals surface area contributed by atoms with E-state index in [1.807, 2.05) is 6.92 Å². The van der Waals surface area contributed by atoms with Gasteiger partial charge in [0.05, 0.1) is 12.4 Å². The molecule has 1 heterocycles. The highest BCUT2D eigenvalue weighted by Gasteiger charge is 2.17. The molecule has 0 aliphatic rings. The minimum Gasteiger partial charge on any atom is -0.348 e. The highest BCUT2D eigenvalue weighted by atomic mass is 16.1. The maximum absolute atomic E-state index is 11.9. The van der Waals surface area contributed by atoms with E-state index < -0.39 is 0 Å². The van der Waals surface area contributed by atoms with Crippen molar-refractivity contribution in [2.75, 3.05) is 5.43 Å². The van der Waals surface area contributed by atoms with E-state index in [1.54, 1.807) is 0 Å². The van der Waals surface area contributed by atoms with Crippen molar-refractivity contribution in [2.24, 2.45) is 11.8 Å². The van der Waals surface area contributed by atoms with Crippen molar-refractivity contribution in [3.05, 3.63) is 18.1 Å². The molecule has 0 saturated carbocycles. The summed E-state index contributed by atoms with van der Waals surface area (Å²) in [5.41, 5.74) is 2.66. The number of aromatic nitrogens is 2. The van der Waals surface area contributed by atoms with Gasteiger partial charge in [0.25, 0.3) is 5.91 Å². The molecule has 1 amide bonds. The van der Waals surface area contributed by atoms with Crippen molar-refractivity contribution in [3.8, 4) is 0 Å². The molecular formula is C12H21N5O. The van der Waals surface area contributed by atoms with Crippen molar-refractivity contribution in [2.45, 2.75) is 39.7 Å². The Labute approximate surface area is 107 Å². The van der Waals surface area contributed by atoms with Crippen LogP contribution in [0.2, 0.25) is 0 Å². The second-order valence-corrected chi connectivity index (χ2v) is 4.27. The molecule has 1 aromatic heterocycles. The molecule has 1 unspecified atom stereocenters. The van der Waals surface area contributed by atoms with E-state index in [1.165, 1.54) is 12.4 Å². The number of anilines is 1. The van der Waals surface area contributed by atoms with Gasteiger partial charge in [-0.15, -0.1) is 0 Å². The van der Waals surface area contributed by atoms with Crippen molar-refractivity contribution < 1.29 is 4.79 Å². The summed E-state index contributed by atoms with van der Waals surface area (Å²) in [6.45, 7) is 6.26. The molecule has 6 nitrogen and oxygen atoms in total. The van der Waals surface area contributed by atoms with E-state index in [0.29, 0.717) is 17.4 Å². The second kappa shape index (κ2) is 6.90. The third-order valence-electron chi connectivity index (χ3n) is 3.15. The van der Waals surface area contributed by atoms with Crippen LogP contribution in [-0.2, 0) is 0 Å². The molecule has 18 heavy (non-hydrogen) atoms. The van der Waals surface area contributed by atoms with E-state index in [9.17, 15) is 4.79 Å². The predicted octanol–water partition coefficient (Wildman–Crippen LogP) is 1.32. The number of nitrogens with zero attached hydrogens (tertiary/aromatic N) is 2. The zero-order valence-corrected chi connectivity index (χ0v) is 11.1. The molecule has 4 N–H and O–H groups in total. The Bertz CT molecular complexity index is 375. The number of nitrogen functional groups attached to an aromatic ring is 1. The minimum atomic E-state index is -0.203. The fraction of sp³-hybridized carbons (Fsp3) is 0.583. The van der Waals surface area contributed by atoms with Gasteiger partial charge < -0.3 is 10.7 Å². The van der Waals surface area contributed by atoms with Crippen LogP contribution in [0.4, 0.5) is 5.82 Å². The summed E-state index contributed by atoms with van der Waals surface area (Å²) in [5, 5.41) is 2.94. The van der Waals surface area contributed by atoms with Gasteiger partial charge in [0.2, 0.25) is 0 Å². The van der Waals surface area contributed by atoms with Gasteiger partial charge >= 0.3 is 0 Å². The smallest absolute Gasteiger partial charge is 0.271 e. The lowest BCUT2D eigenvalue weighted by Crippen LogP contribution is -2.38. The highest BCUT2D eigenvalue weighted by molar-refractivity contribution is 5.92. The van der Waals surface area contributed by atoms with Crippen LogP contribution < -0.4 is 16.6 Å². The molecule has 0 bridgehead atoms. The number of amides is 1. The molecule has 0 aliphatic carbocycles. The van der Waals surface area contributed by atoms with Gasteiger partial charge in [-0.3, -0.25) is 4.79 Å². The summed E-state index contributed by atoms with van der Waals surface area (Å²) in [6, 6.07) is 0.126. The number of hydrogen-bond donors (Lipinski definition) is 3. The van der Waals surface area contributed by atoms with Crippen LogP contribution in [0.3, 0.4) is 0 Å². The van der Waals surface area contributed by atoms with Crippen molar-refractivity contribution in [3.63, 3.8) is 0 Å². The number of hydrazine groups is 1. The Balaban J connectivity index is 2.64. The maximum Gasteiger partial charge on any atom is 0.271 e. The highest BCUT2D eigenvalue weighted by Crippen LogP contribution is 2.13.